The van der Waals surface area contributed by atoms with Crippen LogP contribution in [0.3, 0.4) is 0 Å². The predicted molar refractivity (Wildman–Crippen MR) is 92.1 cm³/mol. The number of hydrogen-bond donors (Lipinski definition) is 0. The summed E-state index contributed by atoms with van der Waals surface area (Å²) in [6.07, 6.45) is 6.61. The van der Waals surface area contributed by atoms with Gasteiger partial charge < -0.3 is 4.90 Å². The van der Waals surface area contributed by atoms with Crippen molar-refractivity contribution in [2.75, 3.05) is 20.1 Å². The molecule has 0 bridgehead atoms. The second kappa shape index (κ2) is 8.20. The zero-order chi connectivity index (χ0) is 17.6. The molecule has 1 aromatic heterocycles. The van der Waals surface area contributed by atoms with Gasteiger partial charge in [-0.05, 0) is 37.1 Å². The summed E-state index contributed by atoms with van der Waals surface area (Å²) in [5.41, 5.74) is 0.926. The van der Waals surface area contributed by atoms with Crippen molar-refractivity contribution in [2.45, 2.75) is 38.4 Å². The molecule has 1 fully saturated rings. The highest BCUT2D eigenvalue weighted by Gasteiger charge is 2.26. The molecule has 2 aromatic rings. The first-order valence-corrected chi connectivity index (χ1v) is 8.66. The Labute approximate surface area is 147 Å². The molecule has 1 aliphatic heterocycles. The van der Waals surface area contributed by atoms with Gasteiger partial charge in [0, 0.05) is 19.6 Å². The number of carbonyl (C=O) groups excluding carboxylic acids is 1. The van der Waals surface area contributed by atoms with Gasteiger partial charge in [0.2, 0.25) is 5.91 Å². The van der Waals surface area contributed by atoms with Crippen molar-refractivity contribution in [3.63, 3.8) is 0 Å². The SMILES string of the molecule is CN(Cc1ccc(F)cc1)C(=O)CN1CCCCC1Cn1cncn1. The lowest BCUT2D eigenvalue weighted by molar-refractivity contribution is -0.132. The van der Waals surface area contributed by atoms with E-state index in [-0.39, 0.29) is 11.7 Å². The number of likely N-dealkylation sites (tertiary alicyclic amines) is 1. The molecule has 7 heteroatoms. The van der Waals surface area contributed by atoms with Gasteiger partial charge in [0.05, 0.1) is 13.1 Å². The van der Waals surface area contributed by atoms with E-state index in [9.17, 15) is 9.18 Å². The number of halogens is 1. The monoisotopic (exact) mass is 345 g/mol. The van der Waals surface area contributed by atoms with Crippen LogP contribution in [0.25, 0.3) is 0 Å². The fourth-order valence-corrected chi connectivity index (χ4v) is 3.26. The molecule has 0 spiro atoms. The fourth-order valence-electron chi connectivity index (χ4n) is 3.26. The molecule has 6 nitrogen and oxygen atoms in total. The van der Waals surface area contributed by atoms with Crippen molar-refractivity contribution in [3.05, 3.63) is 48.3 Å². The summed E-state index contributed by atoms with van der Waals surface area (Å²) in [6.45, 7) is 2.57. The van der Waals surface area contributed by atoms with Crippen LogP contribution in [0.4, 0.5) is 4.39 Å². The highest BCUT2D eigenvalue weighted by molar-refractivity contribution is 5.78. The molecule has 1 amide bonds. The maximum atomic E-state index is 13.0. The van der Waals surface area contributed by atoms with Gasteiger partial charge in [-0.1, -0.05) is 18.6 Å². The van der Waals surface area contributed by atoms with E-state index in [1.165, 1.54) is 24.9 Å². The Morgan fingerprint density at radius 3 is 2.84 bits per heavy atom. The van der Waals surface area contributed by atoms with Gasteiger partial charge in [-0.2, -0.15) is 5.10 Å². The summed E-state index contributed by atoms with van der Waals surface area (Å²) in [5.74, 6) is -0.184. The van der Waals surface area contributed by atoms with Gasteiger partial charge in [-0.15, -0.1) is 0 Å². The van der Waals surface area contributed by atoms with Gasteiger partial charge in [0.25, 0.3) is 0 Å². The molecule has 25 heavy (non-hydrogen) atoms. The van der Waals surface area contributed by atoms with Crippen molar-refractivity contribution in [1.29, 1.82) is 0 Å². The molecule has 1 unspecified atom stereocenters. The number of carbonyl (C=O) groups is 1. The molecule has 3 rings (SSSR count). The van der Waals surface area contributed by atoms with E-state index in [2.05, 4.69) is 15.0 Å². The summed E-state index contributed by atoms with van der Waals surface area (Å²) >= 11 is 0. The Kier molecular flexibility index (Phi) is 5.75. The van der Waals surface area contributed by atoms with Crippen LogP contribution in [-0.4, -0.2) is 56.7 Å². The summed E-state index contributed by atoms with van der Waals surface area (Å²) in [5, 5.41) is 4.17. The van der Waals surface area contributed by atoms with Crippen LogP contribution in [0.5, 0.6) is 0 Å². The van der Waals surface area contributed by atoms with E-state index in [4.69, 9.17) is 0 Å². The topological polar surface area (TPSA) is 54.3 Å². The highest BCUT2D eigenvalue weighted by atomic mass is 19.1. The highest BCUT2D eigenvalue weighted by Crippen LogP contribution is 2.18. The molecule has 1 atom stereocenters. The lowest BCUT2D eigenvalue weighted by Crippen LogP contribution is -2.47. The van der Waals surface area contributed by atoms with Crippen LogP contribution >= 0.6 is 0 Å². The van der Waals surface area contributed by atoms with Crippen LogP contribution in [0.2, 0.25) is 0 Å². The molecular weight excluding hydrogens is 321 g/mol. The first-order valence-electron chi connectivity index (χ1n) is 8.66. The third-order valence-corrected chi connectivity index (χ3v) is 4.71. The number of rotatable bonds is 6. The van der Waals surface area contributed by atoms with E-state index in [1.807, 2.05) is 4.68 Å². The maximum Gasteiger partial charge on any atom is 0.236 e. The van der Waals surface area contributed by atoms with Gasteiger partial charge >= 0.3 is 0 Å². The number of likely N-dealkylation sites (N-methyl/N-ethyl adjacent to an activating group) is 1. The van der Waals surface area contributed by atoms with Crippen molar-refractivity contribution < 1.29 is 9.18 Å². The van der Waals surface area contributed by atoms with Gasteiger partial charge in [-0.3, -0.25) is 14.4 Å². The molecule has 134 valence electrons. The second-order valence-corrected chi connectivity index (χ2v) is 6.61. The van der Waals surface area contributed by atoms with E-state index in [0.29, 0.717) is 19.1 Å². The number of amides is 1. The zero-order valence-electron chi connectivity index (χ0n) is 14.5. The molecule has 1 aliphatic rings. The Bertz CT molecular complexity index is 673. The summed E-state index contributed by atoms with van der Waals surface area (Å²) in [4.78, 5) is 20.5. The Balaban J connectivity index is 1.56. The Hall–Kier alpha value is -2.28. The molecule has 1 aromatic carbocycles. The molecular formula is C18H24FN5O. The first kappa shape index (κ1) is 17.5. The van der Waals surface area contributed by atoms with Gasteiger partial charge in [-0.25, -0.2) is 9.37 Å². The minimum absolute atomic E-state index is 0.0785. The van der Waals surface area contributed by atoms with Gasteiger partial charge in [0.1, 0.15) is 18.5 Å². The third kappa shape index (κ3) is 4.85. The van der Waals surface area contributed by atoms with Crippen molar-refractivity contribution in [2.24, 2.45) is 0 Å². The van der Waals surface area contributed by atoms with E-state index in [1.54, 1.807) is 30.4 Å². The van der Waals surface area contributed by atoms with Crippen LogP contribution in [-0.2, 0) is 17.9 Å². The Morgan fingerprint density at radius 2 is 2.12 bits per heavy atom. The van der Waals surface area contributed by atoms with Crippen LogP contribution < -0.4 is 0 Å². The smallest absolute Gasteiger partial charge is 0.236 e. The number of piperidine rings is 1. The standard InChI is InChI=1S/C18H24FN5O/c1-22(10-15-5-7-16(19)8-6-15)18(25)12-23-9-3-2-4-17(23)11-24-14-20-13-21-24/h5-8,13-14,17H,2-4,9-12H2,1H3. The van der Waals surface area contributed by atoms with E-state index < -0.39 is 0 Å². The van der Waals surface area contributed by atoms with Crippen molar-refractivity contribution in [3.8, 4) is 0 Å². The average molecular weight is 345 g/mol. The normalized spacial score (nSPS) is 18.2. The number of aromatic nitrogens is 3. The molecule has 1 saturated heterocycles. The molecule has 2 heterocycles. The lowest BCUT2D eigenvalue weighted by Gasteiger charge is -2.36. The molecule has 0 saturated carbocycles. The minimum Gasteiger partial charge on any atom is -0.340 e. The first-order chi connectivity index (χ1) is 12.1. The molecule has 0 aliphatic carbocycles. The van der Waals surface area contributed by atoms with Gasteiger partial charge in [0.15, 0.2) is 0 Å². The Morgan fingerprint density at radius 1 is 1.32 bits per heavy atom. The van der Waals surface area contributed by atoms with Crippen LogP contribution in [0.1, 0.15) is 24.8 Å². The minimum atomic E-state index is -0.262. The van der Waals surface area contributed by atoms with E-state index in [0.717, 1.165) is 31.5 Å². The lowest BCUT2D eigenvalue weighted by atomic mass is 10.0. The fraction of sp³-hybridized carbons (Fsp3) is 0.500. The van der Waals surface area contributed by atoms with Crippen molar-refractivity contribution in [1.82, 2.24) is 24.6 Å². The molecule has 0 radical (unpaired) electrons. The van der Waals surface area contributed by atoms with Crippen molar-refractivity contribution >= 4 is 5.91 Å². The number of benzene rings is 1. The zero-order valence-corrected chi connectivity index (χ0v) is 14.5. The number of hydrogen-bond acceptors (Lipinski definition) is 4. The maximum absolute atomic E-state index is 13.0. The van der Waals surface area contributed by atoms with Crippen LogP contribution in [0.15, 0.2) is 36.9 Å². The quantitative estimate of drug-likeness (QED) is 0.803. The summed E-state index contributed by atoms with van der Waals surface area (Å²) in [6, 6.07) is 6.58. The average Bonchev–Trinajstić information content (AvgIpc) is 3.11. The second-order valence-electron chi connectivity index (χ2n) is 6.61. The van der Waals surface area contributed by atoms with E-state index >= 15 is 0 Å². The summed E-state index contributed by atoms with van der Waals surface area (Å²) < 4.78 is 14.8. The third-order valence-electron chi connectivity index (χ3n) is 4.71. The molecule has 0 N–H and O–H groups in total. The number of nitrogens with zero attached hydrogens (tertiary/aromatic N) is 5. The predicted octanol–water partition coefficient (Wildman–Crippen LogP) is 1.93. The largest absolute Gasteiger partial charge is 0.340 e. The summed E-state index contributed by atoms with van der Waals surface area (Å²) in [7, 11) is 1.79. The van der Waals surface area contributed by atoms with Crippen LogP contribution in [0, 0.1) is 5.82 Å².